The maximum atomic E-state index is 14.3. The fourth-order valence-electron chi connectivity index (χ4n) is 14.7. The molecule has 20 heteroatoms. The summed E-state index contributed by atoms with van der Waals surface area (Å²) < 4.78 is 20.3. The third-order valence-corrected chi connectivity index (χ3v) is 19.6. The van der Waals surface area contributed by atoms with Crippen LogP contribution in [-0.2, 0) is 54.2 Å². The molecule has 0 bridgehead atoms. The zero-order valence-electron chi connectivity index (χ0n) is 53.6. The summed E-state index contributed by atoms with van der Waals surface area (Å²) in [4.78, 5) is 95.6. The monoisotopic (exact) mass is 1310 g/mol. The molecule has 1 N–H and O–H groups in total. The van der Waals surface area contributed by atoms with E-state index in [0.29, 0.717) is 72.1 Å². The smallest absolute Gasteiger partial charge is 0.337 e. The van der Waals surface area contributed by atoms with Crippen LogP contribution in [0.15, 0.2) is 122 Å². The molecule has 4 aromatic carbocycles. The van der Waals surface area contributed by atoms with Crippen molar-refractivity contribution in [1.82, 2.24) is 28.9 Å². The fraction of sp³-hybridized carbons (Fsp3) is 0.405. The number of benzene rings is 4. The molecule has 6 aliphatic rings. The van der Waals surface area contributed by atoms with E-state index in [0.717, 1.165) is 146 Å². The Morgan fingerprint density at radius 1 is 0.532 bits per heavy atom. The number of anilines is 2. The minimum Gasteiger partial charge on any atom is -0.508 e. The van der Waals surface area contributed by atoms with Gasteiger partial charge in [-0.3, -0.25) is 29.1 Å². The van der Waals surface area contributed by atoms with Crippen LogP contribution < -0.4 is 14.5 Å². The van der Waals surface area contributed by atoms with Gasteiger partial charge in [-0.15, -0.1) is 24.0 Å². The largest absolute Gasteiger partial charge is 0.508 e. The first-order valence-electron chi connectivity index (χ1n) is 33.0. The Morgan fingerprint density at radius 3 is 1.41 bits per heavy atom. The fourth-order valence-corrected chi connectivity index (χ4v) is 14.8. The second kappa shape index (κ2) is 30.6. The van der Waals surface area contributed by atoms with Crippen molar-refractivity contribution in [3.63, 3.8) is 0 Å². The molecule has 4 amide bonds. The average Bonchev–Trinajstić information content (AvgIpc) is 1.58. The molecule has 0 spiro atoms. The standard InChI is InChI=1S/C37H40N4O5.C31H35N3O5.C6H6ClN.ClH/c1-45-37(44)26-13-15-29-31(20-26)41-23-34(43)40(22-33(42)39-18-8-3-9-19-39)32-21-28(46-24-27-12-6-7-17-38-27)14-16-30(32)36(41)35(29)25-10-4-2-5-11-25;1-39-31(38)21-10-12-23-25(16-21)34-19-28(37)33(18-27(36)32-14-6-3-7-15-32)26-17-22(35)11-13-24(26)30(34)29(23)20-8-4-2-5-9-20;7-5-6-3-1-2-4-8-6;/h6-7,12-17,20-21,25H,2-5,8-11,18-19,22-24H2,1H3;10-13,16-17,20,35H,2-9,14-15,18-19H2,1H3;1-4H,5H2;1H. The van der Waals surface area contributed by atoms with E-state index in [2.05, 4.69) is 14.5 Å². The first-order chi connectivity index (χ1) is 45.4. The van der Waals surface area contributed by atoms with Gasteiger partial charge in [0.1, 0.15) is 44.3 Å². The number of carbonyl (C=O) groups is 6. The molecule has 0 radical (unpaired) electrons. The molecule has 14 rings (SSSR count). The van der Waals surface area contributed by atoms with Crippen molar-refractivity contribution in [3.05, 3.63) is 155 Å². The Balaban J connectivity index is 0.000000171. The number of methoxy groups -OCH3 is 2. The summed E-state index contributed by atoms with van der Waals surface area (Å²) in [7, 11) is 2.74. The highest BCUT2D eigenvalue weighted by atomic mass is 35.5. The number of ether oxygens (including phenoxy) is 3. The van der Waals surface area contributed by atoms with Crippen LogP contribution in [-0.4, -0.2) is 123 Å². The van der Waals surface area contributed by atoms with E-state index in [9.17, 15) is 33.9 Å². The average molecular weight is 1310 g/mol. The Bertz CT molecular complexity index is 4060. The number of halogens is 2. The number of amides is 4. The molecule has 94 heavy (non-hydrogen) atoms. The van der Waals surface area contributed by atoms with E-state index in [-0.39, 0.29) is 74.6 Å². The van der Waals surface area contributed by atoms with Gasteiger partial charge in [0.05, 0.1) is 76.4 Å². The Morgan fingerprint density at radius 2 is 0.979 bits per heavy atom. The van der Waals surface area contributed by atoms with Crippen molar-refractivity contribution in [2.24, 2.45) is 0 Å². The van der Waals surface area contributed by atoms with Gasteiger partial charge in [-0.1, -0.05) is 62.8 Å². The summed E-state index contributed by atoms with van der Waals surface area (Å²) in [5.74, 6) is 0.431. The molecule has 0 unspecified atom stereocenters. The number of rotatable bonds is 12. The quantitative estimate of drug-likeness (QED) is 0.0898. The highest BCUT2D eigenvalue weighted by molar-refractivity contribution is 6.17. The number of phenols is 1. The molecule has 2 saturated heterocycles. The molecule has 18 nitrogen and oxygen atoms in total. The van der Waals surface area contributed by atoms with Crippen LogP contribution in [0.25, 0.3) is 44.3 Å². The number of hydrogen-bond donors (Lipinski definition) is 1. The molecule has 2 saturated carbocycles. The maximum absolute atomic E-state index is 14.3. The lowest BCUT2D eigenvalue weighted by molar-refractivity contribution is -0.132. The Kier molecular flexibility index (Phi) is 21.7. The number of nitrogens with zero attached hydrogens (tertiary/aromatic N) is 8. The predicted octanol–water partition coefficient (Wildman–Crippen LogP) is 13.9. The van der Waals surface area contributed by atoms with Crippen molar-refractivity contribution >= 4 is 92.8 Å². The number of hydrogen-bond acceptors (Lipinski definition) is 12. The van der Waals surface area contributed by atoms with E-state index in [4.69, 9.17) is 25.8 Å². The molecule has 4 fully saturated rings. The zero-order valence-corrected chi connectivity index (χ0v) is 55.1. The second-order valence-corrected chi connectivity index (χ2v) is 25.4. The van der Waals surface area contributed by atoms with Crippen molar-refractivity contribution in [3.8, 4) is 34.0 Å². The number of alkyl halides is 1. The molecule has 2 aliphatic carbocycles. The molecule has 492 valence electrons. The molecule has 4 aromatic heterocycles. The number of aromatic nitrogens is 4. The van der Waals surface area contributed by atoms with Gasteiger partial charge >= 0.3 is 11.9 Å². The van der Waals surface area contributed by atoms with Crippen LogP contribution in [0.1, 0.15) is 158 Å². The van der Waals surface area contributed by atoms with Crippen LogP contribution in [0.5, 0.6) is 11.5 Å². The number of likely N-dealkylation sites (tertiary alicyclic amines) is 2. The number of pyridine rings is 2. The van der Waals surface area contributed by atoms with Crippen LogP contribution in [0, 0.1) is 0 Å². The first kappa shape index (κ1) is 66.7. The van der Waals surface area contributed by atoms with Crippen LogP contribution in [0.2, 0.25) is 0 Å². The molecule has 4 aliphatic heterocycles. The van der Waals surface area contributed by atoms with Gasteiger partial charge in [0.25, 0.3) is 0 Å². The van der Waals surface area contributed by atoms with E-state index in [1.54, 1.807) is 40.4 Å². The maximum Gasteiger partial charge on any atom is 0.337 e. The Labute approximate surface area is 559 Å². The SMILES string of the molecule is COC(=O)c1ccc2c(C3CCCCC3)c3n(c2c1)CC(=O)N(CC(=O)N1CCCCC1)c1cc(O)ccc1-3.COC(=O)c1ccc2c(C3CCCCC3)c3n(c2c1)CC(=O)N(CC(=O)N1CCCCC1)c1cc(OCc2ccccn2)ccc1-3.Cl.ClCc1ccccn1. The number of esters is 2. The summed E-state index contributed by atoms with van der Waals surface area (Å²) in [6.07, 6.45) is 20.9. The van der Waals surface area contributed by atoms with Gasteiger partial charge in [0.2, 0.25) is 23.6 Å². The normalized spacial score (nSPS) is 16.5. The summed E-state index contributed by atoms with van der Waals surface area (Å²) in [5.41, 5.74) is 11.5. The summed E-state index contributed by atoms with van der Waals surface area (Å²) in [5, 5.41) is 12.6. The van der Waals surface area contributed by atoms with E-state index in [1.165, 1.54) is 38.2 Å². The number of aromatic hydroxyl groups is 1. The Hall–Kier alpha value is -8.74. The molecular weight excluding hydrogens is 1230 g/mol. The van der Waals surface area contributed by atoms with Crippen molar-refractivity contribution in [2.45, 2.75) is 140 Å². The van der Waals surface area contributed by atoms with Crippen LogP contribution in [0.4, 0.5) is 11.4 Å². The van der Waals surface area contributed by atoms with Crippen LogP contribution >= 0.6 is 24.0 Å². The lowest BCUT2D eigenvalue weighted by Crippen LogP contribution is -2.45. The summed E-state index contributed by atoms with van der Waals surface area (Å²) in [6, 6.07) is 33.6. The minimum absolute atomic E-state index is 0. The highest BCUT2D eigenvalue weighted by Crippen LogP contribution is 2.51. The van der Waals surface area contributed by atoms with E-state index >= 15 is 0 Å². The molecule has 8 heterocycles. The summed E-state index contributed by atoms with van der Waals surface area (Å²) in [6.45, 7) is 3.11. The van der Waals surface area contributed by atoms with Gasteiger partial charge in [-0.25, -0.2) is 9.59 Å². The lowest BCUT2D eigenvalue weighted by Gasteiger charge is -2.30. The number of fused-ring (bicyclic) bond motifs is 10. The number of phenolic OH excluding ortho intramolecular Hbond substituents is 1. The molecule has 8 aromatic rings. The van der Waals surface area contributed by atoms with Crippen LogP contribution in [0.3, 0.4) is 0 Å². The third kappa shape index (κ3) is 14.3. The van der Waals surface area contributed by atoms with Gasteiger partial charge < -0.3 is 48.1 Å². The van der Waals surface area contributed by atoms with Gasteiger partial charge in [0, 0.05) is 72.6 Å². The third-order valence-electron chi connectivity index (χ3n) is 19.3. The van der Waals surface area contributed by atoms with Crippen molar-refractivity contribution in [2.75, 3.05) is 63.3 Å². The number of carbonyl (C=O) groups excluding carboxylic acids is 6. The second-order valence-electron chi connectivity index (χ2n) is 25.1. The zero-order chi connectivity index (χ0) is 64.5. The van der Waals surface area contributed by atoms with Gasteiger partial charge in [-0.2, -0.15) is 0 Å². The lowest BCUT2D eigenvalue weighted by atomic mass is 9.81. The highest BCUT2D eigenvalue weighted by Gasteiger charge is 2.38. The first-order valence-corrected chi connectivity index (χ1v) is 33.6. The molecule has 0 atom stereocenters. The topological polar surface area (TPSA) is 199 Å². The van der Waals surface area contributed by atoms with Crippen molar-refractivity contribution < 1.29 is 48.1 Å². The summed E-state index contributed by atoms with van der Waals surface area (Å²) >= 11 is 5.46. The van der Waals surface area contributed by atoms with E-state index in [1.807, 2.05) is 105 Å². The predicted molar refractivity (Wildman–Crippen MR) is 366 cm³/mol. The number of piperidine rings is 2. The van der Waals surface area contributed by atoms with E-state index < -0.39 is 11.9 Å². The van der Waals surface area contributed by atoms with Gasteiger partial charge in [0.15, 0.2) is 0 Å². The van der Waals surface area contributed by atoms with Crippen molar-refractivity contribution in [1.29, 1.82) is 0 Å². The van der Waals surface area contributed by atoms with Gasteiger partial charge in [-0.05, 0) is 160 Å². The molecular formula is C74H82Cl2N8O10. The minimum atomic E-state index is -0.425.